The van der Waals surface area contributed by atoms with Gasteiger partial charge < -0.3 is 19.5 Å². The molecular formula is C18H23ClN2O3. The molecule has 0 bridgehead atoms. The van der Waals surface area contributed by atoms with Gasteiger partial charge in [0.05, 0.1) is 25.3 Å². The lowest BCUT2D eigenvalue weighted by Gasteiger charge is -2.13. The zero-order chi connectivity index (χ0) is 17.2. The first-order valence-corrected chi connectivity index (χ1v) is 8.36. The molecule has 0 atom stereocenters. The molecule has 130 valence electrons. The Morgan fingerprint density at radius 1 is 1.21 bits per heavy atom. The number of benzene rings is 1. The molecule has 0 saturated heterocycles. The minimum Gasteiger partial charge on any atom is -0.493 e. The highest BCUT2D eigenvalue weighted by Crippen LogP contribution is 2.36. The van der Waals surface area contributed by atoms with Crippen LogP contribution in [0.15, 0.2) is 36.5 Å². The van der Waals surface area contributed by atoms with Gasteiger partial charge in [-0.2, -0.15) is 0 Å². The number of pyridine rings is 1. The molecule has 1 heterocycles. The van der Waals surface area contributed by atoms with E-state index < -0.39 is 0 Å². The number of hydrogen-bond donors (Lipinski definition) is 1. The summed E-state index contributed by atoms with van der Waals surface area (Å²) >= 11 is 6.26. The van der Waals surface area contributed by atoms with Crippen molar-refractivity contribution < 1.29 is 14.2 Å². The number of methoxy groups -OCH3 is 1. The molecule has 1 aromatic carbocycles. The van der Waals surface area contributed by atoms with Crippen molar-refractivity contribution in [2.45, 2.75) is 19.9 Å². The number of aromatic nitrogens is 1. The van der Waals surface area contributed by atoms with Crippen LogP contribution in [0.1, 0.15) is 18.9 Å². The second-order valence-corrected chi connectivity index (χ2v) is 5.50. The molecule has 0 radical (unpaired) electrons. The Hall–Kier alpha value is -1.98. The van der Waals surface area contributed by atoms with Gasteiger partial charge in [-0.3, -0.25) is 0 Å². The average Bonchev–Trinajstić information content (AvgIpc) is 2.61. The number of ether oxygens (including phenoxy) is 3. The third kappa shape index (κ3) is 5.58. The monoisotopic (exact) mass is 350 g/mol. The molecule has 0 spiro atoms. The first-order valence-electron chi connectivity index (χ1n) is 7.98. The van der Waals surface area contributed by atoms with Crippen molar-refractivity contribution in [1.29, 1.82) is 0 Å². The molecule has 0 aliphatic carbocycles. The molecule has 2 aromatic rings. The van der Waals surface area contributed by atoms with Crippen LogP contribution in [0.4, 0.5) is 0 Å². The molecule has 2 rings (SSSR count). The molecule has 0 saturated carbocycles. The molecule has 0 unspecified atom stereocenters. The van der Waals surface area contributed by atoms with Crippen molar-refractivity contribution in [2.75, 3.05) is 26.9 Å². The van der Waals surface area contributed by atoms with Gasteiger partial charge in [0.25, 0.3) is 0 Å². The molecule has 24 heavy (non-hydrogen) atoms. The SMILES string of the molecule is CCOc1c(Cl)cc(CNCCCOc2ccccn2)cc1OC. The second kappa shape index (κ2) is 10.0. The number of hydrogen-bond acceptors (Lipinski definition) is 5. The van der Waals surface area contributed by atoms with Crippen molar-refractivity contribution in [3.63, 3.8) is 0 Å². The van der Waals surface area contributed by atoms with Crippen LogP contribution in [0.5, 0.6) is 17.4 Å². The predicted octanol–water partition coefficient (Wildman–Crippen LogP) is 3.70. The van der Waals surface area contributed by atoms with Gasteiger partial charge in [0.2, 0.25) is 5.88 Å². The fraction of sp³-hybridized carbons (Fsp3) is 0.389. The minimum atomic E-state index is 0.546. The van der Waals surface area contributed by atoms with Gasteiger partial charge in [-0.25, -0.2) is 4.98 Å². The summed E-state index contributed by atoms with van der Waals surface area (Å²) in [6.45, 7) is 4.62. The third-order valence-electron chi connectivity index (χ3n) is 3.29. The lowest BCUT2D eigenvalue weighted by molar-refractivity contribution is 0.296. The summed E-state index contributed by atoms with van der Waals surface area (Å²) in [6, 6.07) is 9.45. The van der Waals surface area contributed by atoms with Crippen LogP contribution in [-0.2, 0) is 6.54 Å². The van der Waals surface area contributed by atoms with Gasteiger partial charge in [0.1, 0.15) is 0 Å². The number of nitrogens with zero attached hydrogens (tertiary/aromatic N) is 1. The quantitative estimate of drug-likeness (QED) is 0.662. The van der Waals surface area contributed by atoms with Crippen LogP contribution in [0.2, 0.25) is 5.02 Å². The largest absolute Gasteiger partial charge is 0.493 e. The van der Waals surface area contributed by atoms with Crippen LogP contribution in [0.25, 0.3) is 0 Å². The predicted molar refractivity (Wildman–Crippen MR) is 95.2 cm³/mol. The highest BCUT2D eigenvalue weighted by Gasteiger charge is 2.11. The normalized spacial score (nSPS) is 10.5. The molecule has 0 aliphatic rings. The van der Waals surface area contributed by atoms with Crippen LogP contribution in [0, 0.1) is 0 Å². The molecule has 6 heteroatoms. The van der Waals surface area contributed by atoms with E-state index in [0.717, 1.165) is 18.5 Å². The van der Waals surface area contributed by atoms with Crippen molar-refractivity contribution >= 4 is 11.6 Å². The van der Waals surface area contributed by atoms with Crippen molar-refractivity contribution in [3.05, 3.63) is 47.1 Å². The maximum Gasteiger partial charge on any atom is 0.213 e. The van der Waals surface area contributed by atoms with E-state index in [1.165, 1.54) is 0 Å². The van der Waals surface area contributed by atoms with Crippen LogP contribution >= 0.6 is 11.6 Å². The molecule has 0 aliphatic heterocycles. The number of nitrogens with one attached hydrogen (secondary N) is 1. The lowest BCUT2D eigenvalue weighted by atomic mass is 10.2. The fourth-order valence-electron chi connectivity index (χ4n) is 2.20. The maximum atomic E-state index is 6.26. The number of halogens is 1. The standard InChI is InChI=1S/C18H23ClN2O3/c1-3-23-18-15(19)11-14(12-16(18)22-2)13-20-8-6-10-24-17-7-4-5-9-21-17/h4-5,7,9,11-12,20H,3,6,8,10,13H2,1-2H3. The summed E-state index contributed by atoms with van der Waals surface area (Å²) < 4.78 is 16.4. The molecule has 0 fully saturated rings. The zero-order valence-corrected chi connectivity index (χ0v) is 14.8. The van der Waals surface area contributed by atoms with Gasteiger partial charge in [0.15, 0.2) is 11.5 Å². The topological polar surface area (TPSA) is 52.6 Å². The Labute approximate surface area is 147 Å². The Balaban J connectivity index is 1.75. The average molecular weight is 351 g/mol. The first kappa shape index (κ1) is 18.4. The summed E-state index contributed by atoms with van der Waals surface area (Å²) in [5, 5.41) is 3.92. The Morgan fingerprint density at radius 2 is 2.08 bits per heavy atom. The highest BCUT2D eigenvalue weighted by molar-refractivity contribution is 6.32. The smallest absolute Gasteiger partial charge is 0.213 e. The molecule has 1 N–H and O–H groups in total. The molecule has 0 amide bonds. The van der Waals surface area contributed by atoms with Crippen molar-refractivity contribution in [2.24, 2.45) is 0 Å². The van der Waals surface area contributed by atoms with Crippen LogP contribution < -0.4 is 19.5 Å². The first-order chi connectivity index (χ1) is 11.7. The summed E-state index contributed by atoms with van der Waals surface area (Å²) in [4.78, 5) is 4.11. The van der Waals surface area contributed by atoms with Crippen molar-refractivity contribution in [1.82, 2.24) is 10.3 Å². The van der Waals surface area contributed by atoms with Gasteiger partial charge in [-0.1, -0.05) is 17.7 Å². The van der Waals surface area contributed by atoms with E-state index in [9.17, 15) is 0 Å². The van der Waals surface area contributed by atoms with E-state index in [0.29, 0.717) is 42.2 Å². The minimum absolute atomic E-state index is 0.546. The summed E-state index contributed by atoms with van der Waals surface area (Å²) in [5.41, 5.74) is 1.05. The van der Waals surface area contributed by atoms with E-state index >= 15 is 0 Å². The van der Waals surface area contributed by atoms with Gasteiger partial charge in [-0.15, -0.1) is 0 Å². The maximum absolute atomic E-state index is 6.26. The van der Waals surface area contributed by atoms with Crippen molar-refractivity contribution in [3.8, 4) is 17.4 Å². The third-order valence-corrected chi connectivity index (χ3v) is 3.57. The Kier molecular flexibility index (Phi) is 7.65. The number of rotatable bonds is 10. The summed E-state index contributed by atoms with van der Waals surface area (Å²) in [7, 11) is 1.61. The van der Waals surface area contributed by atoms with E-state index in [-0.39, 0.29) is 0 Å². The Bertz CT molecular complexity index is 623. The lowest BCUT2D eigenvalue weighted by Crippen LogP contribution is -2.17. The van der Waals surface area contributed by atoms with Gasteiger partial charge in [0, 0.05) is 18.8 Å². The van der Waals surface area contributed by atoms with E-state index in [4.69, 9.17) is 25.8 Å². The van der Waals surface area contributed by atoms with Crippen LogP contribution in [0.3, 0.4) is 0 Å². The highest BCUT2D eigenvalue weighted by atomic mass is 35.5. The van der Waals surface area contributed by atoms with E-state index in [2.05, 4.69) is 10.3 Å². The summed E-state index contributed by atoms with van der Waals surface area (Å²) in [5.74, 6) is 1.90. The van der Waals surface area contributed by atoms with E-state index in [1.54, 1.807) is 13.3 Å². The molecule has 5 nitrogen and oxygen atoms in total. The molecular weight excluding hydrogens is 328 g/mol. The van der Waals surface area contributed by atoms with Gasteiger partial charge in [-0.05, 0) is 43.7 Å². The fourth-order valence-corrected chi connectivity index (χ4v) is 2.49. The zero-order valence-electron chi connectivity index (χ0n) is 14.0. The molecule has 1 aromatic heterocycles. The summed E-state index contributed by atoms with van der Waals surface area (Å²) in [6.07, 6.45) is 2.61. The van der Waals surface area contributed by atoms with Crippen LogP contribution in [-0.4, -0.2) is 31.9 Å². The second-order valence-electron chi connectivity index (χ2n) is 5.09. The Morgan fingerprint density at radius 3 is 2.79 bits per heavy atom. The van der Waals surface area contributed by atoms with Gasteiger partial charge >= 0.3 is 0 Å². The van der Waals surface area contributed by atoms with E-state index in [1.807, 2.05) is 37.3 Å².